The molecular weight excluding hydrogens is 511 g/mol. The van der Waals surface area contributed by atoms with Gasteiger partial charge in [-0.25, -0.2) is 8.42 Å². The molecule has 4 rings (SSSR count). The molecule has 0 saturated heterocycles. The van der Waals surface area contributed by atoms with Crippen LogP contribution in [0.1, 0.15) is 48.0 Å². The van der Waals surface area contributed by atoms with Crippen LogP contribution in [0.25, 0.3) is 0 Å². The standard InChI is InChI=1S/C25H29ClN2O5S.ClH/c26-20-9-6-17(7-10-20)13-28-22-12-19(23(29)15-33-14-18-4-2-1-3-5-18)8-11-24(22)34(31,32)16-21(27)25(28)30;/h6-12,18,21H,1-5,13-16,27H2;1H/t21-;/m0./s1. The summed E-state index contributed by atoms with van der Waals surface area (Å²) in [6.45, 7) is 0.551. The van der Waals surface area contributed by atoms with E-state index in [1.54, 1.807) is 24.3 Å². The molecule has 1 atom stereocenters. The lowest BCUT2D eigenvalue weighted by molar-refractivity contribution is -0.119. The Bertz CT molecular complexity index is 1160. The second-order valence-electron chi connectivity index (χ2n) is 9.06. The van der Waals surface area contributed by atoms with Gasteiger partial charge in [0.2, 0.25) is 5.91 Å². The molecule has 2 aliphatic rings. The molecule has 0 radical (unpaired) electrons. The maximum absolute atomic E-state index is 13.1. The van der Waals surface area contributed by atoms with E-state index in [0.29, 0.717) is 23.1 Å². The van der Waals surface area contributed by atoms with Gasteiger partial charge in [-0.3, -0.25) is 9.59 Å². The van der Waals surface area contributed by atoms with Gasteiger partial charge in [0.1, 0.15) is 6.61 Å². The minimum absolute atomic E-state index is 0. The van der Waals surface area contributed by atoms with Gasteiger partial charge < -0.3 is 15.4 Å². The first-order valence-corrected chi connectivity index (χ1v) is 13.6. The van der Waals surface area contributed by atoms with E-state index >= 15 is 0 Å². The van der Waals surface area contributed by atoms with Crippen LogP contribution in [0.2, 0.25) is 5.02 Å². The molecule has 0 aromatic heterocycles. The fourth-order valence-corrected chi connectivity index (χ4v) is 6.26. The van der Waals surface area contributed by atoms with Crippen LogP contribution in [0, 0.1) is 5.92 Å². The highest BCUT2D eigenvalue weighted by Crippen LogP contribution is 2.33. The molecule has 0 spiro atoms. The fraction of sp³-hybridized carbons (Fsp3) is 0.440. The number of benzene rings is 2. The average Bonchev–Trinajstić information content (AvgIpc) is 2.89. The SMILES string of the molecule is Cl.N[C@H]1CS(=O)(=O)c2ccc(C(=O)COCC3CCCCC3)cc2N(Cc2ccc(Cl)cc2)C1=O. The molecule has 35 heavy (non-hydrogen) atoms. The molecule has 2 aromatic carbocycles. The Morgan fingerprint density at radius 2 is 1.77 bits per heavy atom. The van der Waals surface area contributed by atoms with Crippen molar-refractivity contribution in [3.8, 4) is 0 Å². The van der Waals surface area contributed by atoms with Crippen molar-refractivity contribution in [2.45, 2.75) is 49.6 Å². The first-order valence-electron chi connectivity index (χ1n) is 11.5. The number of hydrogen-bond donors (Lipinski definition) is 1. The molecule has 1 aliphatic carbocycles. The summed E-state index contributed by atoms with van der Waals surface area (Å²) in [6.07, 6.45) is 5.88. The maximum atomic E-state index is 13.1. The monoisotopic (exact) mass is 540 g/mol. The van der Waals surface area contributed by atoms with Gasteiger partial charge in [0, 0.05) is 10.6 Å². The summed E-state index contributed by atoms with van der Waals surface area (Å²) in [4.78, 5) is 27.3. The summed E-state index contributed by atoms with van der Waals surface area (Å²) >= 11 is 5.97. The highest BCUT2D eigenvalue weighted by atomic mass is 35.5. The molecule has 2 N–H and O–H groups in total. The molecule has 7 nitrogen and oxygen atoms in total. The first-order chi connectivity index (χ1) is 16.2. The van der Waals surface area contributed by atoms with E-state index in [9.17, 15) is 18.0 Å². The minimum Gasteiger partial charge on any atom is -0.373 e. The number of fused-ring (bicyclic) bond motifs is 1. The van der Waals surface area contributed by atoms with E-state index in [1.165, 1.54) is 42.4 Å². The van der Waals surface area contributed by atoms with Crippen molar-refractivity contribution in [1.82, 2.24) is 0 Å². The lowest BCUT2D eigenvalue weighted by Crippen LogP contribution is -2.45. The molecule has 1 fully saturated rings. The van der Waals surface area contributed by atoms with Crippen LogP contribution in [-0.4, -0.2) is 45.1 Å². The zero-order valence-electron chi connectivity index (χ0n) is 19.3. The molecule has 1 saturated carbocycles. The number of nitrogens with two attached hydrogens (primary N) is 1. The Kier molecular flexibility index (Phi) is 9.34. The number of hydrogen-bond acceptors (Lipinski definition) is 6. The predicted octanol–water partition coefficient (Wildman–Crippen LogP) is 4.19. The molecule has 1 aliphatic heterocycles. The lowest BCUT2D eigenvalue weighted by atomic mass is 9.90. The van der Waals surface area contributed by atoms with Crippen LogP contribution in [-0.2, 0) is 25.9 Å². The number of ketones is 1. The number of Topliss-reactive ketones (excluding diaryl/α,β-unsaturated/α-hetero) is 1. The van der Waals surface area contributed by atoms with Crippen LogP contribution in [0.15, 0.2) is 47.4 Å². The summed E-state index contributed by atoms with van der Waals surface area (Å²) < 4.78 is 31.6. The molecule has 1 heterocycles. The van der Waals surface area contributed by atoms with E-state index < -0.39 is 27.5 Å². The molecule has 0 unspecified atom stereocenters. The third-order valence-corrected chi connectivity index (χ3v) is 8.52. The van der Waals surface area contributed by atoms with Crippen molar-refractivity contribution >= 4 is 51.2 Å². The van der Waals surface area contributed by atoms with Crippen molar-refractivity contribution in [3.63, 3.8) is 0 Å². The van der Waals surface area contributed by atoms with E-state index in [-0.39, 0.29) is 41.9 Å². The summed E-state index contributed by atoms with van der Waals surface area (Å²) in [6, 6.07) is 10.0. The second kappa shape index (κ2) is 11.8. The van der Waals surface area contributed by atoms with Crippen LogP contribution >= 0.6 is 24.0 Å². The summed E-state index contributed by atoms with van der Waals surface area (Å²) in [5.41, 5.74) is 7.16. The van der Waals surface area contributed by atoms with Crippen molar-refractivity contribution < 1.29 is 22.7 Å². The number of anilines is 1. The molecule has 190 valence electrons. The fourth-order valence-electron chi connectivity index (χ4n) is 4.57. The van der Waals surface area contributed by atoms with E-state index in [0.717, 1.165) is 18.4 Å². The topological polar surface area (TPSA) is 107 Å². The van der Waals surface area contributed by atoms with Crippen LogP contribution in [0.5, 0.6) is 0 Å². The third kappa shape index (κ3) is 6.62. The normalized spacial score (nSPS) is 20.0. The predicted molar refractivity (Wildman–Crippen MR) is 138 cm³/mol. The van der Waals surface area contributed by atoms with Gasteiger partial charge in [-0.2, -0.15) is 0 Å². The molecular formula is C25H30Cl2N2O5S. The Morgan fingerprint density at radius 1 is 1.09 bits per heavy atom. The van der Waals surface area contributed by atoms with Gasteiger partial charge in [-0.1, -0.05) is 43.0 Å². The van der Waals surface area contributed by atoms with Crippen molar-refractivity contribution in [2.75, 3.05) is 23.9 Å². The highest BCUT2D eigenvalue weighted by molar-refractivity contribution is 7.91. The lowest BCUT2D eigenvalue weighted by Gasteiger charge is -2.24. The summed E-state index contributed by atoms with van der Waals surface area (Å²) in [5, 5.41) is 0.548. The van der Waals surface area contributed by atoms with Crippen LogP contribution < -0.4 is 10.6 Å². The molecule has 2 aromatic rings. The van der Waals surface area contributed by atoms with E-state index in [1.807, 2.05) is 0 Å². The van der Waals surface area contributed by atoms with Gasteiger partial charge in [-0.15, -0.1) is 12.4 Å². The van der Waals surface area contributed by atoms with Crippen molar-refractivity contribution in [2.24, 2.45) is 11.7 Å². The Morgan fingerprint density at radius 3 is 2.46 bits per heavy atom. The van der Waals surface area contributed by atoms with E-state index in [2.05, 4.69) is 0 Å². The van der Waals surface area contributed by atoms with Gasteiger partial charge in [-0.05, 0) is 54.7 Å². The summed E-state index contributed by atoms with van der Waals surface area (Å²) in [5.74, 6) is -0.792. The molecule has 1 amide bonds. The first kappa shape index (κ1) is 27.6. The Labute approximate surface area is 217 Å². The highest BCUT2D eigenvalue weighted by Gasteiger charge is 2.36. The number of halogens is 2. The second-order valence-corrected chi connectivity index (χ2v) is 11.5. The summed E-state index contributed by atoms with van der Waals surface area (Å²) in [7, 11) is -3.82. The largest absolute Gasteiger partial charge is 0.373 e. The molecule has 10 heteroatoms. The number of rotatable bonds is 7. The Balaban J connectivity index is 0.00000342. The van der Waals surface area contributed by atoms with Crippen molar-refractivity contribution in [1.29, 1.82) is 0 Å². The number of nitrogens with zero attached hydrogens (tertiary/aromatic N) is 1. The number of carbonyl (C=O) groups is 2. The number of ether oxygens (including phenoxy) is 1. The van der Waals surface area contributed by atoms with Gasteiger partial charge >= 0.3 is 0 Å². The zero-order chi connectivity index (χ0) is 24.3. The quantitative estimate of drug-likeness (QED) is 0.527. The van der Waals surface area contributed by atoms with Gasteiger partial charge in [0.15, 0.2) is 15.6 Å². The third-order valence-electron chi connectivity index (χ3n) is 6.45. The van der Waals surface area contributed by atoms with Crippen LogP contribution in [0.3, 0.4) is 0 Å². The average molecular weight is 541 g/mol. The number of amides is 1. The zero-order valence-corrected chi connectivity index (χ0v) is 21.7. The van der Waals surface area contributed by atoms with E-state index in [4.69, 9.17) is 22.1 Å². The minimum atomic E-state index is -3.82. The van der Waals surface area contributed by atoms with Crippen LogP contribution in [0.4, 0.5) is 5.69 Å². The molecule has 0 bridgehead atoms. The maximum Gasteiger partial charge on any atom is 0.245 e. The Hall–Kier alpha value is -1.97. The van der Waals surface area contributed by atoms with Crippen molar-refractivity contribution in [3.05, 3.63) is 58.6 Å². The van der Waals surface area contributed by atoms with Gasteiger partial charge in [0.05, 0.1) is 35.5 Å². The smallest absolute Gasteiger partial charge is 0.245 e. The number of sulfone groups is 1. The number of carbonyl (C=O) groups excluding carboxylic acids is 2. The van der Waals surface area contributed by atoms with Gasteiger partial charge in [0.25, 0.3) is 0 Å².